The van der Waals surface area contributed by atoms with Crippen molar-refractivity contribution in [3.63, 3.8) is 0 Å². The lowest BCUT2D eigenvalue weighted by Crippen LogP contribution is -2.16. The van der Waals surface area contributed by atoms with E-state index < -0.39 is 5.97 Å². The summed E-state index contributed by atoms with van der Waals surface area (Å²) in [6.07, 6.45) is 10.6. The number of carbonyl (C=O) groups is 2. The number of nitrogens with one attached hydrogen (secondary N) is 1. The Morgan fingerprint density at radius 3 is 2.48 bits per heavy atom. The van der Waals surface area contributed by atoms with Gasteiger partial charge in [-0.25, -0.2) is 19.8 Å². The predicted octanol–water partition coefficient (Wildman–Crippen LogP) is 6.25. The maximum Gasteiger partial charge on any atom is 0.328 e. The van der Waals surface area contributed by atoms with Crippen molar-refractivity contribution in [2.45, 2.75) is 60.3 Å². The molecule has 6 aliphatic rings. The lowest BCUT2D eigenvalue weighted by atomic mass is 9.86. The van der Waals surface area contributed by atoms with E-state index in [0.29, 0.717) is 18.5 Å². The topological polar surface area (TPSA) is 133 Å². The first kappa shape index (κ1) is 29.3. The number of aliphatic imine (C=N–C) groups is 3. The highest BCUT2D eigenvalue weighted by molar-refractivity contribution is 6.21. The van der Waals surface area contributed by atoms with Gasteiger partial charge in [0.15, 0.2) is 0 Å². The summed E-state index contributed by atoms with van der Waals surface area (Å²) in [5.74, 6) is -1.07. The largest absolute Gasteiger partial charge is 0.511 e. The van der Waals surface area contributed by atoms with E-state index in [9.17, 15) is 19.8 Å². The molecule has 0 radical (unpaired) electrons. The molecule has 1 saturated heterocycles. The van der Waals surface area contributed by atoms with Crippen LogP contribution >= 0.6 is 0 Å². The van der Waals surface area contributed by atoms with Crippen LogP contribution in [-0.2, 0) is 14.3 Å². The molecule has 1 unspecified atom stereocenters. The standard InChI is InChI=1S/C35H36N4O5/c1-7-20-16(2)25-14-29-21(8-10-31(41)42)17(3)24(37-29)13-26-18(4)22(9-11-32(43)44-6)34(38-26)23-12-30(40)33-19(5)27(39-35(23)33)15-28(20)36-25/h8,10,13-15,18,22,38,40H,7,9,11-12H2,1-6H3,(H,41,42)/b10-8-,26-13?,28-15?,29-14?,34-23?/t18-,22?/m0/s1. The smallest absolute Gasteiger partial charge is 0.328 e. The van der Waals surface area contributed by atoms with E-state index in [2.05, 4.69) is 19.2 Å². The van der Waals surface area contributed by atoms with Gasteiger partial charge in [-0.1, -0.05) is 13.8 Å². The molecule has 1 aliphatic carbocycles. The number of ether oxygens (including phenoxy) is 1. The maximum absolute atomic E-state index is 12.2. The Balaban J connectivity index is 1.60. The number of methoxy groups -OCH3 is 1. The summed E-state index contributed by atoms with van der Waals surface area (Å²) in [5, 5.41) is 24.3. The summed E-state index contributed by atoms with van der Waals surface area (Å²) >= 11 is 0. The fourth-order valence-electron chi connectivity index (χ4n) is 6.87. The number of hydrogen-bond acceptors (Lipinski definition) is 8. The highest BCUT2D eigenvalue weighted by Gasteiger charge is 2.41. The molecule has 5 aliphatic heterocycles. The zero-order valence-electron chi connectivity index (χ0n) is 25.8. The Hall–Kier alpha value is -4.79. The van der Waals surface area contributed by atoms with Crippen LogP contribution in [0.15, 0.2) is 119 Å². The predicted molar refractivity (Wildman–Crippen MR) is 170 cm³/mol. The number of carboxylic acids is 1. The van der Waals surface area contributed by atoms with Gasteiger partial charge in [0.25, 0.3) is 0 Å². The SMILES string of the molecule is CCC1=C(C)C2=NC1=CC1=C(C)C3=C(O)CC(=C4NC(=CC5=NC(=C2)C(/C=C\C(=O)O)=C5C)[C@@H](C)C4CCC(=O)OC)C3=N1. The van der Waals surface area contributed by atoms with Gasteiger partial charge in [0, 0.05) is 58.9 Å². The number of hydrogen-bond donors (Lipinski definition) is 3. The maximum atomic E-state index is 12.2. The summed E-state index contributed by atoms with van der Waals surface area (Å²) in [5.41, 5.74) is 12.6. The van der Waals surface area contributed by atoms with E-state index in [1.54, 1.807) is 6.08 Å². The summed E-state index contributed by atoms with van der Waals surface area (Å²) in [7, 11) is 1.39. The number of aliphatic carboxylic acids is 1. The van der Waals surface area contributed by atoms with E-state index in [4.69, 9.17) is 19.7 Å². The van der Waals surface area contributed by atoms with Crippen molar-refractivity contribution in [2.24, 2.45) is 26.8 Å². The fourth-order valence-corrected chi connectivity index (χ4v) is 6.87. The van der Waals surface area contributed by atoms with Crippen LogP contribution in [0.3, 0.4) is 0 Å². The second-order valence-electron chi connectivity index (χ2n) is 11.8. The molecule has 0 aromatic rings. The first-order valence-electron chi connectivity index (χ1n) is 15.0. The molecule has 0 spiro atoms. The third-order valence-electron chi connectivity index (χ3n) is 9.38. The molecule has 0 saturated carbocycles. The summed E-state index contributed by atoms with van der Waals surface area (Å²) in [6.45, 7) is 10.2. The average molecular weight is 593 g/mol. The minimum Gasteiger partial charge on any atom is -0.511 e. The van der Waals surface area contributed by atoms with Crippen molar-refractivity contribution in [3.05, 3.63) is 104 Å². The molecule has 2 atom stereocenters. The molecule has 3 N–H and O–H groups in total. The monoisotopic (exact) mass is 592 g/mol. The van der Waals surface area contributed by atoms with Crippen molar-refractivity contribution < 1.29 is 24.5 Å². The third kappa shape index (κ3) is 4.76. The van der Waals surface area contributed by atoms with Gasteiger partial charge in [-0.05, 0) is 80.2 Å². The molecular formula is C35H36N4O5. The van der Waals surface area contributed by atoms with Crippen molar-refractivity contribution in [3.8, 4) is 0 Å². The molecular weight excluding hydrogens is 556 g/mol. The van der Waals surface area contributed by atoms with Gasteiger partial charge in [0.2, 0.25) is 0 Å². The molecule has 9 heteroatoms. The van der Waals surface area contributed by atoms with Crippen molar-refractivity contribution in [2.75, 3.05) is 7.11 Å². The van der Waals surface area contributed by atoms with Crippen LogP contribution in [0.2, 0.25) is 0 Å². The van der Waals surface area contributed by atoms with Crippen LogP contribution in [0.4, 0.5) is 0 Å². The Labute approximate surface area is 256 Å². The second kappa shape index (κ2) is 11.0. The third-order valence-corrected chi connectivity index (χ3v) is 9.38. The van der Waals surface area contributed by atoms with Crippen LogP contribution in [0.1, 0.15) is 60.3 Å². The average Bonchev–Trinajstić information content (AvgIpc) is 3.73. The Kier molecular flexibility index (Phi) is 7.35. The molecule has 5 heterocycles. The van der Waals surface area contributed by atoms with Gasteiger partial charge in [-0.3, -0.25) is 4.79 Å². The number of fused-ring (bicyclic) bond motifs is 5. The first-order valence-corrected chi connectivity index (χ1v) is 15.0. The number of nitrogens with zero attached hydrogens (tertiary/aromatic N) is 3. The highest BCUT2D eigenvalue weighted by atomic mass is 16.5. The summed E-state index contributed by atoms with van der Waals surface area (Å²) < 4.78 is 4.96. The number of rotatable bonds is 6. The summed E-state index contributed by atoms with van der Waals surface area (Å²) in [4.78, 5) is 38.7. The van der Waals surface area contributed by atoms with Crippen LogP contribution in [0.25, 0.3) is 0 Å². The lowest BCUT2D eigenvalue weighted by Gasteiger charge is -2.17. The number of esters is 1. The molecule has 44 heavy (non-hydrogen) atoms. The van der Waals surface area contributed by atoms with Gasteiger partial charge >= 0.3 is 11.9 Å². The van der Waals surface area contributed by atoms with E-state index in [0.717, 1.165) is 91.4 Å². The van der Waals surface area contributed by atoms with Crippen molar-refractivity contribution in [1.82, 2.24) is 5.32 Å². The number of carbonyl (C=O) groups excluding carboxylic acids is 1. The number of aliphatic hydroxyl groups is 1. The zero-order valence-corrected chi connectivity index (χ0v) is 25.8. The Bertz CT molecular complexity index is 1810. The van der Waals surface area contributed by atoms with Crippen LogP contribution in [0, 0.1) is 11.8 Å². The molecule has 6 rings (SSSR count). The molecule has 1 fully saturated rings. The minimum absolute atomic E-state index is 0.000833. The second-order valence-corrected chi connectivity index (χ2v) is 11.8. The normalized spacial score (nSPS) is 24.2. The number of carboxylic acid groups (broad SMARTS) is 1. The molecule has 0 aromatic heterocycles. The highest BCUT2D eigenvalue weighted by Crippen LogP contribution is 2.46. The summed E-state index contributed by atoms with van der Waals surface area (Å²) in [6, 6.07) is 0. The Morgan fingerprint density at radius 1 is 1.05 bits per heavy atom. The van der Waals surface area contributed by atoms with E-state index >= 15 is 0 Å². The van der Waals surface area contributed by atoms with E-state index in [1.807, 2.05) is 39.0 Å². The van der Waals surface area contributed by atoms with Crippen LogP contribution < -0.4 is 5.32 Å². The van der Waals surface area contributed by atoms with Gasteiger partial charge < -0.3 is 20.3 Å². The molecule has 0 amide bonds. The zero-order chi connectivity index (χ0) is 31.4. The number of aliphatic hydroxyl groups excluding tert-OH is 1. The lowest BCUT2D eigenvalue weighted by molar-refractivity contribution is -0.141. The van der Waals surface area contributed by atoms with Crippen molar-refractivity contribution >= 4 is 29.1 Å². The molecule has 0 aromatic carbocycles. The fraction of sp³-hybridized carbons (Fsp3) is 0.343. The van der Waals surface area contributed by atoms with E-state index in [1.165, 1.54) is 7.11 Å². The van der Waals surface area contributed by atoms with Gasteiger partial charge in [0.05, 0.1) is 41.3 Å². The molecule has 8 bridgehead atoms. The van der Waals surface area contributed by atoms with Gasteiger partial charge in [-0.15, -0.1) is 0 Å². The van der Waals surface area contributed by atoms with E-state index in [-0.39, 0.29) is 30.0 Å². The van der Waals surface area contributed by atoms with Crippen molar-refractivity contribution in [1.29, 1.82) is 0 Å². The molecule has 226 valence electrons. The molecule has 9 nitrogen and oxygen atoms in total. The van der Waals surface area contributed by atoms with Gasteiger partial charge in [-0.2, -0.15) is 0 Å². The van der Waals surface area contributed by atoms with Crippen LogP contribution in [0.5, 0.6) is 0 Å². The minimum atomic E-state index is -1.04. The first-order chi connectivity index (χ1) is 21.0. The van der Waals surface area contributed by atoms with Crippen LogP contribution in [-0.4, -0.2) is 46.4 Å². The Morgan fingerprint density at radius 2 is 1.77 bits per heavy atom. The number of allylic oxidation sites excluding steroid dienone is 12. The van der Waals surface area contributed by atoms with Gasteiger partial charge in [0.1, 0.15) is 5.76 Å². The quantitative estimate of drug-likeness (QED) is 0.247.